The molecule has 0 aliphatic rings. The van der Waals surface area contributed by atoms with Gasteiger partial charge in [-0.15, -0.1) is 0 Å². The molecule has 0 spiro atoms. The first-order valence-electron chi connectivity index (χ1n) is 3.94. The number of pyridine rings is 1. The largest absolute Gasteiger partial charge is 0.464 e. The van der Waals surface area contributed by atoms with Crippen LogP contribution in [0, 0.1) is 0 Å². The molecular formula is C9H7BrN2O2. The van der Waals surface area contributed by atoms with E-state index in [0.717, 1.165) is 9.99 Å². The fourth-order valence-corrected chi connectivity index (χ4v) is 1.49. The first-order valence-corrected chi connectivity index (χ1v) is 4.73. The predicted octanol–water partition coefficient (Wildman–Crippen LogP) is 1.88. The standard InChI is InChI=1S/C9H7BrN2O2/c1-14-9(13)8-4-7-3-2-6(10)5-12(7)11-8/h2-5H,1H3. The molecule has 0 atom stereocenters. The average molecular weight is 255 g/mol. The molecule has 2 aromatic heterocycles. The summed E-state index contributed by atoms with van der Waals surface area (Å²) in [6.07, 6.45) is 1.78. The highest BCUT2D eigenvalue weighted by Gasteiger charge is 2.10. The van der Waals surface area contributed by atoms with E-state index in [1.165, 1.54) is 7.11 Å². The number of rotatable bonds is 1. The quantitative estimate of drug-likeness (QED) is 0.731. The smallest absolute Gasteiger partial charge is 0.358 e. The number of hydrogen-bond donors (Lipinski definition) is 0. The van der Waals surface area contributed by atoms with Gasteiger partial charge in [0.05, 0.1) is 12.6 Å². The monoisotopic (exact) mass is 254 g/mol. The van der Waals surface area contributed by atoms with Gasteiger partial charge >= 0.3 is 5.97 Å². The minimum absolute atomic E-state index is 0.311. The van der Waals surface area contributed by atoms with Gasteiger partial charge in [0.25, 0.3) is 0 Å². The topological polar surface area (TPSA) is 43.6 Å². The molecule has 4 nitrogen and oxygen atoms in total. The molecule has 0 aliphatic heterocycles. The number of aromatic nitrogens is 2. The van der Waals surface area contributed by atoms with E-state index in [1.54, 1.807) is 16.8 Å². The van der Waals surface area contributed by atoms with Gasteiger partial charge < -0.3 is 4.74 Å². The molecule has 0 radical (unpaired) electrons. The normalized spacial score (nSPS) is 10.4. The molecule has 0 aliphatic carbocycles. The zero-order valence-corrected chi connectivity index (χ0v) is 8.98. The first-order chi connectivity index (χ1) is 6.70. The van der Waals surface area contributed by atoms with E-state index in [1.807, 2.05) is 12.1 Å². The minimum atomic E-state index is -0.426. The van der Waals surface area contributed by atoms with E-state index >= 15 is 0 Å². The lowest BCUT2D eigenvalue weighted by molar-refractivity contribution is 0.0593. The van der Waals surface area contributed by atoms with E-state index < -0.39 is 5.97 Å². The molecule has 0 bridgehead atoms. The van der Waals surface area contributed by atoms with E-state index in [0.29, 0.717) is 5.69 Å². The maximum atomic E-state index is 11.2. The average Bonchev–Trinajstić information content (AvgIpc) is 2.59. The number of halogens is 1. The highest BCUT2D eigenvalue weighted by atomic mass is 79.9. The second-order valence-electron chi connectivity index (χ2n) is 2.74. The molecule has 0 aromatic carbocycles. The number of carbonyl (C=O) groups is 1. The second-order valence-corrected chi connectivity index (χ2v) is 3.65. The molecule has 0 N–H and O–H groups in total. The van der Waals surface area contributed by atoms with Gasteiger partial charge in [-0.3, -0.25) is 0 Å². The number of hydrogen-bond acceptors (Lipinski definition) is 3. The van der Waals surface area contributed by atoms with Crippen LogP contribution in [0.5, 0.6) is 0 Å². The van der Waals surface area contributed by atoms with Crippen molar-refractivity contribution in [2.24, 2.45) is 0 Å². The number of fused-ring (bicyclic) bond motifs is 1. The van der Waals surface area contributed by atoms with Gasteiger partial charge in [0.1, 0.15) is 0 Å². The van der Waals surface area contributed by atoms with E-state index in [-0.39, 0.29) is 0 Å². The van der Waals surface area contributed by atoms with Gasteiger partial charge in [0.2, 0.25) is 0 Å². The molecule has 0 unspecified atom stereocenters. The summed E-state index contributed by atoms with van der Waals surface area (Å²) in [6.45, 7) is 0. The number of esters is 1. The molecule has 5 heteroatoms. The summed E-state index contributed by atoms with van der Waals surface area (Å²) in [5.41, 5.74) is 1.17. The number of methoxy groups -OCH3 is 1. The predicted molar refractivity (Wildman–Crippen MR) is 54.2 cm³/mol. The summed E-state index contributed by atoms with van der Waals surface area (Å²) in [7, 11) is 1.34. The van der Waals surface area contributed by atoms with Crippen LogP contribution < -0.4 is 0 Å². The summed E-state index contributed by atoms with van der Waals surface area (Å²) in [5.74, 6) is -0.426. The molecule has 0 saturated carbocycles. The van der Waals surface area contributed by atoms with Crippen LogP contribution in [0.1, 0.15) is 10.5 Å². The lowest BCUT2D eigenvalue weighted by atomic mass is 10.3. The highest BCUT2D eigenvalue weighted by molar-refractivity contribution is 9.10. The Balaban J connectivity index is 2.56. The third-order valence-electron chi connectivity index (χ3n) is 1.82. The van der Waals surface area contributed by atoms with Crippen LogP contribution in [0.3, 0.4) is 0 Å². The van der Waals surface area contributed by atoms with E-state index in [9.17, 15) is 4.79 Å². The Kier molecular flexibility index (Phi) is 2.25. The third-order valence-corrected chi connectivity index (χ3v) is 2.29. The van der Waals surface area contributed by atoms with Crippen LogP contribution in [-0.4, -0.2) is 22.7 Å². The summed E-state index contributed by atoms with van der Waals surface area (Å²) in [5, 5.41) is 4.06. The zero-order chi connectivity index (χ0) is 10.1. The number of ether oxygens (including phenoxy) is 1. The van der Waals surface area contributed by atoms with Gasteiger partial charge in [0, 0.05) is 10.7 Å². The maximum absolute atomic E-state index is 11.2. The maximum Gasteiger partial charge on any atom is 0.358 e. The Morgan fingerprint density at radius 1 is 1.57 bits per heavy atom. The molecule has 0 saturated heterocycles. The Morgan fingerprint density at radius 3 is 3.07 bits per heavy atom. The van der Waals surface area contributed by atoms with E-state index in [2.05, 4.69) is 25.8 Å². The summed E-state index contributed by atoms with van der Waals surface area (Å²) in [4.78, 5) is 11.2. The van der Waals surface area contributed by atoms with Crippen LogP contribution in [0.25, 0.3) is 5.52 Å². The summed E-state index contributed by atoms with van der Waals surface area (Å²) < 4.78 is 7.10. The van der Waals surface area contributed by atoms with Crippen molar-refractivity contribution in [1.82, 2.24) is 9.61 Å². The molecule has 2 rings (SSSR count). The lowest BCUT2D eigenvalue weighted by Crippen LogP contribution is -2.01. The fourth-order valence-electron chi connectivity index (χ4n) is 1.17. The fraction of sp³-hybridized carbons (Fsp3) is 0.111. The third kappa shape index (κ3) is 1.50. The lowest BCUT2D eigenvalue weighted by Gasteiger charge is -1.92. The van der Waals surface area contributed by atoms with E-state index in [4.69, 9.17) is 0 Å². The van der Waals surface area contributed by atoms with Crippen molar-refractivity contribution >= 4 is 27.4 Å². The first kappa shape index (κ1) is 9.21. The van der Waals surface area contributed by atoms with Gasteiger partial charge in [0.15, 0.2) is 5.69 Å². The Morgan fingerprint density at radius 2 is 2.36 bits per heavy atom. The molecule has 2 heterocycles. The van der Waals surface area contributed by atoms with Crippen molar-refractivity contribution in [3.8, 4) is 0 Å². The SMILES string of the molecule is COC(=O)c1cc2ccc(Br)cn2n1. The van der Waals surface area contributed by atoms with Crippen molar-refractivity contribution in [3.63, 3.8) is 0 Å². The van der Waals surface area contributed by atoms with Crippen molar-refractivity contribution in [1.29, 1.82) is 0 Å². The van der Waals surface area contributed by atoms with Crippen molar-refractivity contribution < 1.29 is 9.53 Å². The molecule has 0 fully saturated rings. The molecule has 72 valence electrons. The highest BCUT2D eigenvalue weighted by Crippen LogP contribution is 2.13. The van der Waals surface area contributed by atoms with Gasteiger partial charge in [-0.05, 0) is 34.1 Å². The van der Waals surface area contributed by atoms with Gasteiger partial charge in [-0.2, -0.15) is 5.10 Å². The van der Waals surface area contributed by atoms with Gasteiger partial charge in [-0.25, -0.2) is 9.31 Å². The number of nitrogens with zero attached hydrogens (tertiary/aromatic N) is 2. The van der Waals surface area contributed by atoms with Crippen molar-refractivity contribution in [2.45, 2.75) is 0 Å². The van der Waals surface area contributed by atoms with Crippen molar-refractivity contribution in [3.05, 3.63) is 34.6 Å². The Labute approximate surface area is 88.6 Å². The second kappa shape index (κ2) is 3.42. The zero-order valence-electron chi connectivity index (χ0n) is 7.40. The molecular weight excluding hydrogens is 248 g/mol. The minimum Gasteiger partial charge on any atom is -0.464 e. The number of carbonyl (C=O) groups excluding carboxylic acids is 1. The Hall–Kier alpha value is -1.36. The van der Waals surface area contributed by atoms with Crippen LogP contribution >= 0.6 is 15.9 Å². The van der Waals surface area contributed by atoms with Crippen molar-refractivity contribution in [2.75, 3.05) is 7.11 Å². The molecule has 0 amide bonds. The van der Waals surface area contributed by atoms with Crippen LogP contribution in [0.4, 0.5) is 0 Å². The Bertz CT molecular complexity index is 493. The van der Waals surface area contributed by atoms with Crippen LogP contribution in [-0.2, 0) is 4.74 Å². The van der Waals surface area contributed by atoms with Crippen LogP contribution in [0.15, 0.2) is 28.9 Å². The summed E-state index contributed by atoms with van der Waals surface area (Å²) >= 11 is 3.32. The molecule has 14 heavy (non-hydrogen) atoms. The summed E-state index contributed by atoms with van der Waals surface area (Å²) in [6, 6.07) is 5.43. The molecule has 2 aromatic rings. The van der Waals surface area contributed by atoms with Gasteiger partial charge in [-0.1, -0.05) is 0 Å². The van der Waals surface area contributed by atoms with Crippen LogP contribution in [0.2, 0.25) is 0 Å².